The number of aliphatic hydroxyl groups is 1. The first-order valence-corrected chi connectivity index (χ1v) is 8.50. The molecule has 1 N–H and O–H groups in total. The van der Waals surface area contributed by atoms with Crippen LogP contribution in [0.1, 0.15) is 29.4 Å². The van der Waals surface area contributed by atoms with Crippen molar-refractivity contribution >= 4 is 16.8 Å². The maximum Gasteiger partial charge on any atom is 0.254 e. The summed E-state index contributed by atoms with van der Waals surface area (Å²) < 4.78 is 0. The number of hydrogen-bond donors (Lipinski definition) is 1. The molecule has 0 bridgehead atoms. The smallest absolute Gasteiger partial charge is 0.254 e. The first kappa shape index (κ1) is 16.9. The molecular formula is C19H25N3O2. The fourth-order valence-corrected chi connectivity index (χ4v) is 3.65. The Hall–Kier alpha value is -1.98. The lowest BCUT2D eigenvalue weighted by Gasteiger charge is -2.30. The molecule has 5 heteroatoms. The summed E-state index contributed by atoms with van der Waals surface area (Å²) in [6, 6.07) is 10.1. The lowest BCUT2D eigenvalue weighted by molar-refractivity contribution is 0.0706. The molecule has 5 nitrogen and oxygen atoms in total. The Morgan fingerprint density at radius 2 is 2.17 bits per heavy atom. The summed E-state index contributed by atoms with van der Waals surface area (Å²) in [6.45, 7) is 5.59. The van der Waals surface area contributed by atoms with Crippen LogP contribution >= 0.6 is 0 Å². The molecule has 1 aliphatic heterocycles. The van der Waals surface area contributed by atoms with Crippen LogP contribution in [0.2, 0.25) is 0 Å². The average Bonchev–Trinajstić information content (AvgIpc) is 2.95. The Morgan fingerprint density at radius 1 is 1.38 bits per heavy atom. The molecule has 24 heavy (non-hydrogen) atoms. The molecule has 0 aliphatic carbocycles. The quantitative estimate of drug-likeness (QED) is 0.934. The maximum absolute atomic E-state index is 12.9. The number of likely N-dealkylation sites (N-methyl/N-ethyl adjacent to an activating group) is 1. The van der Waals surface area contributed by atoms with Crippen molar-refractivity contribution < 1.29 is 9.90 Å². The molecule has 1 aromatic heterocycles. The van der Waals surface area contributed by atoms with Crippen LogP contribution in [-0.4, -0.2) is 64.6 Å². The molecule has 128 valence electrons. The zero-order valence-corrected chi connectivity index (χ0v) is 14.6. The number of benzene rings is 1. The minimum Gasteiger partial charge on any atom is -0.395 e. The molecule has 0 unspecified atom stereocenters. The summed E-state index contributed by atoms with van der Waals surface area (Å²) in [5.74, 6) is 0.0740. The third-order valence-electron chi connectivity index (χ3n) is 5.07. The van der Waals surface area contributed by atoms with Crippen molar-refractivity contribution in [2.75, 3.05) is 26.7 Å². The summed E-state index contributed by atoms with van der Waals surface area (Å²) in [6.07, 6.45) is 0.942. The monoisotopic (exact) mass is 327 g/mol. The Balaban J connectivity index is 1.80. The molecular weight excluding hydrogens is 302 g/mol. The molecule has 1 saturated heterocycles. The van der Waals surface area contributed by atoms with Gasteiger partial charge in [-0.25, -0.2) is 0 Å². The SMILES string of the molecule is Cc1ccc2cc(C(=O)N3CC[C@@H](N(C)CCO)[C@H]3C)ccc2n1. The van der Waals surface area contributed by atoms with Gasteiger partial charge in [-0.2, -0.15) is 0 Å². The van der Waals surface area contributed by atoms with E-state index < -0.39 is 0 Å². The number of amides is 1. The molecule has 2 heterocycles. The summed E-state index contributed by atoms with van der Waals surface area (Å²) in [5, 5.41) is 10.1. The average molecular weight is 327 g/mol. The third kappa shape index (κ3) is 3.14. The van der Waals surface area contributed by atoms with Crippen LogP contribution in [0.4, 0.5) is 0 Å². The van der Waals surface area contributed by atoms with Gasteiger partial charge in [0.2, 0.25) is 0 Å². The predicted molar refractivity (Wildman–Crippen MR) is 95.1 cm³/mol. The molecule has 1 fully saturated rings. The van der Waals surface area contributed by atoms with Gasteiger partial charge in [0.1, 0.15) is 0 Å². The van der Waals surface area contributed by atoms with Crippen LogP contribution < -0.4 is 0 Å². The Kier molecular flexibility index (Phi) is 4.83. The zero-order valence-electron chi connectivity index (χ0n) is 14.6. The standard InChI is InChI=1S/C19H25N3O2/c1-13-4-5-15-12-16(6-7-17(15)20-13)19(24)22-9-8-18(14(22)2)21(3)10-11-23/h4-7,12,14,18,23H,8-11H2,1-3H3/t14-,18-/m1/s1. The molecule has 0 saturated carbocycles. The van der Waals surface area contributed by atoms with Crippen molar-refractivity contribution in [2.24, 2.45) is 0 Å². The van der Waals surface area contributed by atoms with Crippen molar-refractivity contribution in [1.29, 1.82) is 0 Å². The van der Waals surface area contributed by atoms with E-state index in [0.29, 0.717) is 18.2 Å². The number of aliphatic hydroxyl groups excluding tert-OH is 1. The van der Waals surface area contributed by atoms with Crippen LogP contribution in [0.15, 0.2) is 30.3 Å². The number of fused-ring (bicyclic) bond motifs is 1. The highest BCUT2D eigenvalue weighted by Crippen LogP contribution is 2.25. The van der Waals surface area contributed by atoms with E-state index in [0.717, 1.165) is 29.6 Å². The Bertz CT molecular complexity index is 746. The van der Waals surface area contributed by atoms with Gasteiger partial charge in [-0.15, -0.1) is 0 Å². The summed E-state index contributed by atoms with van der Waals surface area (Å²) in [5.41, 5.74) is 2.61. The molecule has 1 amide bonds. The first-order valence-electron chi connectivity index (χ1n) is 8.50. The molecule has 2 atom stereocenters. The van der Waals surface area contributed by atoms with E-state index in [1.54, 1.807) is 0 Å². The van der Waals surface area contributed by atoms with E-state index in [4.69, 9.17) is 5.11 Å². The van der Waals surface area contributed by atoms with Gasteiger partial charge in [-0.3, -0.25) is 14.7 Å². The van der Waals surface area contributed by atoms with Gasteiger partial charge in [0.25, 0.3) is 5.91 Å². The number of carbonyl (C=O) groups excluding carboxylic acids is 1. The topological polar surface area (TPSA) is 56.7 Å². The van der Waals surface area contributed by atoms with E-state index in [2.05, 4.69) is 16.8 Å². The van der Waals surface area contributed by atoms with Crippen molar-refractivity contribution in [3.05, 3.63) is 41.6 Å². The zero-order chi connectivity index (χ0) is 17.3. The highest BCUT2D eigenvalue weighted by molar-refractivity contribution is 5.98. The lowest BCUT2D eigenvalue weighted by Crippen LogP contribution is -2.44. The highest BCUT2D eigenvalue weighted by atomic mass is 16.3. The van der Waals surface area contributed by atoms with Crippen LogP contribution in [0.3, 0.4) is 0 Å². The molecule has 0 radical (unpaired) electrons. The maximum atomic E-state index is 12.9. The minimum atomic E-state index is 0.0740. The second kappa shape index (κ2) is 6.87. The van der Waals surface area contributed by atoms with Gasteiger partial charge in [0.05, 0.1) is 12.1 Å². The fraction of sp³-hybridized carbons (Fsp3) is 0.474. The van der Waals surface area contributed by atoms with Crippen molar-refractivity contribution in [3.8, 4) is 0 Å². The number of hydrogen-bond acceptors (Lipinski definition) is 4. The number of pyridine rings is 1. The van der Waals surface area contributed by atoms with E-state index in [9.17, 15) is 4.79 Å². The molecule has 3 rings (SSSR count). The van der Waals surface area contributed by atoms with E-state index in [1.807, 2.05) is 49.2 Å². The number of aromatic nitrogens is 1. The largest absolute Gasteiger partial charge is 0.395 e. The summed E-state index contributed by atoms with van der Waals surface area (Å²) in [7, 11) is 2.01. The van der Waals surface area contributed by atoms with Gasteiger partial charge in [0, 0.05) is 41.8 Å². The molecule has 2 aromatic rings. The number of nitrogens with zero attached hydrogens (tertiary/aromatic N) is 3. The summed E-state index contributed by atoms with van der Waals surface area (Å²) >= 11 is 0. The number of likely N-dealkylation sites (tertiary alicyclic amines) is 1. The third-order valence-corrected chi connectivity index (χ3v) is 5.07. The molecule has 1 aliphatic rings. The van der Waals surface area contributed by atoms with Crippen LogP contribution in [0.25, 0.3) is 10.9 Å². The van der Waals surface area contributed by atoms with Gasteiger partial charge in [0.15, 0.2) is 0 Å². The van der Waals surface area contributed by atoms with Crippen LogP contribution in [0.5, 0.6) is 0 Å². The van der Waals surface area contributed by atoms with Gasteiger partial charge >= 0.3 is 0 Å². The first-order chi connectivity index (χ1) is 11.5. The van der Waals surface area contributed by atoms with Crippen LogP contribution in [0, 0.1) is 6.92 Å². The molecule has 0 spiro atoms. The van der Waals surface area contributed by atoms with Gasteiger partial charge in [-0.05, 0) is 51.6 Å². The second-order valence-electron chi connectivity index (χ2n) is 6.66. The van der Waals surface area contributed by atoms with E-state index in [-0.39, 0.29) is 18.6 Å². The van der Waals surface area contributed by atoms with Crippen molar-refractivity contribution in [1.82, 2.24) is 14.8 Å². The second-order valence-corrected chi connectivity index (χ2v) is 6.66. The normalized spacial score (nSPS) is 21.0. The predicted octanol–water partition coefficient (Wildman–Crippen LogP) is 2.07. The Morgan fingerprint density at radius 3 is 2.92 bits per heavy atom. The minimum absolute atomic E-state index is 0.0740. The highest BCUT2D eigenvalue weighted by Gasteiger charge is 2.36. The van der Waals surface area contributed by atoms with E-state index in [1.165, 1.54) is 0 Å². The number of aryl methyl sites for hydroxylation is 1. The fourth-order valence-electron chi connectivity index (χ4n) is 3.65. The number of carbonyl (C=O) groups is 1. The van der Waals surface area contributed by atoms with Crippen LogP contribution in [-0.2, 0) is 0 Å². The lowest BCUT2D eigenvalue weighted by atomic mass is 10.1. The van der Waals surface area contributed by atoms with Gasteiger partial charge in [-0.1, -0.05) is 6.07 Å². The molecule has 1 aromatic carbocycles. The number of rotatable bonds is 4. The van der Waals surface area contributed by atoms with Crippen molar-refractivity contribution in [3.63, 3.8) is 0 Å². The van der Waals surface area contributed by atoms with Crippen molar-refractivity contribution in [2.45, 2.75) is 32.4 Å². The van der Waals surface area contributed by atoms with Gasteiger partial charge < -0.3 is 10.0 Å². The summed E-state index contributed by atoms with van der Waals surface area (Å²) in [4.78, 5) is 21.5. The Labute approximate surface area is 142 Å². The van der Waals surface area contributed by atoms with E-state index >= 15 is 0 Å².